The van der Waals surface area contributed by atoms with Crippen molar-refractivity contribution in [2.45, 2.75) is 45.3 Å². The summed E-state index contributed by atoms with van der Waals surface area (Å²) >= 11 is 0. The van der Waals surface area contributed by atoms with Crippen LogP contribution in [-0.4, -0.2) is 34.2 Å². The topological polar surface area (TPSA) is 54.2 Å². The number of hydrogen-bond acceptors (Lipinski definition) is 5. The van der Waals surface area contributed by atoms with Crippen molar-refractivity contribution in [1.82, 2.24) is 20.4 Å². The van der Waals surface area contributed by atoms with E-state index in [0.717, 1.165) is 32.0 Å². The minimum absolute atomic E-state index is 0.178. The molecule has 2 heterocycles. The first-order valence-electron chi connectivity index (χ1n) is 8.24. The van der Waals surface area contributed by atoms with E-state index in [-0.39, 0.29) is 12.1 Å². The maximum absolute atomic E-state index is 13.9. The molecule has 1 aliphatic heterocycles. The van der Waals surface area contributed by atoms with Gasteiger partial charge in [0.25, 0.3) is 0 Å². The zero-order chi connectivity index (χ0) is 17.1. The van der Waals surface area contributed by atoms with Gasteiger partial charge in [-0.05, 0) is 32.4 Å². The van der Waals surface area contributed by atoms with Crippen molar-refractivity contribution >= 4 is 0 Å². The largest absolute Gasteiger partial charge is 0.340 e. The summed E-state index contributed by atoms with van der Waals surface area (Å²) in [7, 11) is 0. The molecule has 0 saturated carbocycles. The number of nitrogens with one attached hydrogen (secondary N) is 1. The van der Waals surface area contributed by atoms with Gasteiger partial charge in [-0.3, -0.25) is 4.90 Å². The molecule has 1 saturated heterocycles. The molecule has 0 spiro atoms. The number of benzene rings is 1. The summed E-state index contributed by atoms with van der Waals surface area (Å²) in [5, 5.41) is 7.38. The maximum Gasteiger partial charge on any atom is 0.223 e. The number of rotatable bonds is 5. The summed E-state index contributed by atoms with van der Waals surface area (Å²) in [6.45, 7) is 6.13. The molecule has 0 radical (unpaired) electrons. The van der Waals surface area contributed by atoms with Gasteiger partial charge >= 0.3 is 0 Å². The van der Waals surface area contributed by atoms with Crippen LogP contribution in [0.15, 0.2) is 22.7 Å². The Morgan fingerprint density at radius 2 is 2.25 bits per heavy atom. The highest BCUT2D eigenvalue weighted by atomic mass is 19.1. The molecule has 2 atom stereocenters. The number of halogens is 2. The lowest BCUT2D eigenvalue weighted by molar-refractivity contribution is 0.171. The summed E-state index contributed by atoms with van der Waals surface area (Å²) in [5.41, 5.74) is 0.488. The highest BCUT2D eigenvalue weighted by Gasteiger charge is 2.23. The Morgan fingerprint density at radius 1 is 1.42 bits per heavy atom. The van der Waals surface area contributed by atoms with E-state index >= 15 is 0 Å². The van der Waals surface area contributed by atoms with Crippen LogP contribution in [-0.2, 0) is 6.54 Å². The third kappa shape index (κ3) is 4.15. The second-order valence-corrected chi connectivity index (χ2v) is 6.36. The number of nitrogens with zero attached hydrogens (tertiary/aromatic N) is 3. The monoisotopic (exact) mass is 336 g/mol. The Bertz CT molecular complexity index is 691. The summed E-state index contributed by atoms with van der Waals surface area (Å²) < 4.78 is 31.9. The van der Waals surface area contributed by atoms with Crippen LogP contribution in [0, 0.1) is 18.6 Å². The van der Waals surface area contributed by atoms with Gasteiger partial charge in [0.15, 0.2) is 5.82 Å². The second-order valence-electron chi connectivity index (χ2n) is 6.36. The molecule has 0 aliphatic carbocycles. The first-order chi connectivity index (χ1) is 11.5. The molecule has 5 nitrogen and oxygen atoms in total. The van der Waals surface area contributed by atoms with Crippen LogP contribution in [0.25, 0.3) is 0 Å². The van der Waals surface area contributed by atoms with Crippen LogP contribution in [0.5, 0.6) is 0 Å². The van der Waals surface area contributed by atoms with Crippen LogP contribution in [0.3, 0.4) is 0 Å². The molecule has 2 aromatic rings. The fraction of sp³-hybridized carbons (Fsp3) is 0.529. The van der Waals surface area contributed by atoms with Gasteiger partial charge in [0, 0.05) is 37.2 Å². The van der Waals surface area contributed by atoms with Crippen molar-refractivity contribution in [3.63, 3.8) is 0 Å². The summed E-state index contributed by atoms with van der Waals surface area (Å²) in [4.78, 5) is 6.50. The average Bonchev–Trinajstić information content (AvgIpc) is 2.92. The average molecular weight is 336 g/mol. The van der Waals surface area contributed by atoms with Gasteiger partial charge in [-0.15, -0.1) is 0 Å². The summed E-state index contributed by atoms with van der Waals surface area (Å²) in [6, 6.07) is 3.79. The Kier molecular flexibility index (Phi) is 5.20. The third-order valence-corrected chi connectivity index (χ3v) is 4.35. The molecule has 130 valence electrons. The van der Waals surface area contributed by atoms with Crippen LogP contribution >= 0.6 is 0 Å². The lowest BCUT2D eigenvalue weighted by Crippen LogP contribution is -2.46. The van der Waals surface area contributed by atoms with Gasteiger partial charge in [-0.1, -0.05) is 11.2 Å². The SMILES string of the molecule is Cc1nc(CN2CCCC(NC(C)c3ccc(F)cc3F)C2)no1. The first-order valence-corrected chi connectivity index (χ1v) is 8.24. The molecule has 1 N–H and O–H groups in total. The van der Waals surface area contributed by atoms with Crippen molar-refractivity contribution in [2.24, 2.45) is 0 Å². The van der Waals surface area contributed by atoms with Gasteiger partial charge in [-0.2, -0.15) is 4.98 Å². The van der Waals surface area contributed by atoms with Crippen LogP contribution in [0.1, 0.15) is 43.1 Å². The maximum atomic E-state index is 13.9. The van der Waals surface area contributed by atoms with Crippen LogP contribution in [0.4, 0.5) is 8.78 Å². The smallest absolute Gasteiger partial charge is 0.223 e. The standard InChI is InChI=1S/C17H22F2N4O/c1-11(15-6-5-13(18)8-16(15)19)20-14-4-3-7-23(9-14)10-17-21-12(2)24-22-17/h5-6,8,11,14,20H,3-4,7,9-10H2,1-2H3. The van der Waals surface area contributed by atoms with Crippen LogP contribution < -0.4 is 5.32 Å². The van der Waals surface area contributed by atoms with Gasteiger partial charge in [0.2, 0.25) is 5.89 Å². The predicted molar refractivity (Wildman–Crippen MR) is 85.2 cm³/mol. The predicted octanol–water partition coefficient (Wildman–Crippen LogP) is 2.97. The van der Waals surface area contributed by atoms with E-state index in [1.165, 1.54) is 12.1 Å². The van der Waals surface area contributed by atoms with Gasteiger partial charge in [-0.25, -0.2) is 8.78 Å². The molecule has 3 rings (SSSR count). The lowest BCUT2D eigenvalue weighted by Gasteiger charge is -2.34. The van der Waals surface area contributed by atoms with Crippen LogP contribution in [0.2, 0.25) is 0 Å². The summed E-state index contributed by atoms with van der Waals surface area (Å²) in [6.07, 6.45) is 2.07. The number of aryl methyl sites for hydroxylation is 1. The zero-order valence-electron chi connectivity index (χ0n) is 13.9. The molecule has 1 aromatic carbocycles. The number of aromatic nitrogens is 2. The van der Waals surface area contributed by atoms with E-state index in [2.05, 4.69) is 20.4 Å². The minimum Gasteiger partial charge on any atom is -0.340 e. The van der Waals surface area contributed by atoms with E-state index in [1.54, 1.807) is 6.92 Å². The van der Waals surface area contributed by atoms with Crippen molar-refractivity contribution in [1.29, 1.82) is 0 Å². The molecule has 1 aromatic heterocycles. The molecular formula is C17H22F2N4O. The highest BCUT2D eigenvalue weighted by molar-refractivity contribution is 5.21. The van der Waals surface area contributed by atoms with Gasteiger partial charge < -0.3 is 9.84 Å². The van der Waals surface area contributed by atoms with Crippen molar-refractivity contribution in [3.8, 4) is 0 Å². The Hall–Kier alpha value is -1.86. The number of piperidine rings is 1. The normalized spacial score (nSPS) is 20.2. The number of likely N-dealkylation sites (tertiary alicyclic amines) is 1. The summed E-state index contributed by atoms with van der Waals surface area (Å²) in [5.74, 6) is 0.190. The molecule has 1 aliphatic rings. The third-order valence-electron chi connectivity index (χ3n) is 4.35. The molecular weight excluding hydrogens is 314 g/mol. The van der Waals surface area contributed by atoms with E-state index in [9.17, 15) is 8.78 Å². The highest BCUT2D eigenvalue weighted by Crippen LogP contribution is 2.21. The van der Waals surface area contributed by atoms with E-state index in [0.29, 0.717) is 23.8 Å². The van der Waals surface area contributed by atoms with Gasteiger partial charge in [0.05, 0.1) is 6.54 Å². The van der Waals surface area contributed by atoms with Crippen molar-refractivity contribution in [2.75, 3.05) is 13.1 Å². The molecule has 24 heavy (non-hydrogen) atoms. The Morgan fingerprint density at radius 3 is 2.96 bits per heavy atom. The van der Waals surface area contributed by atoms with E-state index < -0.39 is 11.6 Å². The van der Waals surface area contributed by atoms with E-state index in [1.807, 2.05) is 6.92 Å². The molecule has 1 fully saturated rings. The Labute approximate surface area is 140 Å². The minimum atomic E-state index is -0.553. The molecule has 7 heteroatoms. The van der Waals surface area contributed by atoms with Gasteiger partial charge in [0.1, 0.15) is 11.6 Å². The fourth-order valence-corrected chi connectivity index (χ4v) is 3.24. The lowest BCUT2D eigenvalue weighted by atomic mass is 10.0. The van der Waals surface area contributed by atoms with Crippen molar-refractivity contribution < 1.29 is 13.3 Å². The number of hydrogen-bond donors (Lipinski definition) is 1. The zero-order valence-corrected chi connectivity index (χ0v) is 13.9. The first kappa shape index (κ1) is 17.0. The Balaban J connectivity index is 1.58. The van der Waals surface area contributed by atoms with E-state index in [4.69, 9.17) is 4.52 Å². The quantitative estimate of drug-likeness (QED) is 0.910. The van der Waals surface area contributed by atoms with Crippen molar-refractivity contribution in [3.05, 3.63) is 47.1 Å². The molecule has 2 unspecified atom stereocenters. The molecule has 0 amide bonds. The molecule has 0 bridgehead atoms. The second kappa shape index (κ2) is 7.36. The fourth-order valence-electron chi connectivity index (χ4n) is 3.24.